The van der Waals surface area contributed by atoms with E-state index in [2.05, 4.69) is 101 Å². The Labute approximate surface area is 263 Å². The van der Waals surface area contributed by atoms with Gasteiger partial charge in [-0.05, 0) is 72.7 Å². The number of carbonyl (C=O) groups excluding carboxylic acids is 1. The second kappa shape index (κ2) is 12.5. The SMILES string of the molecule is CC1(C)[C@H]2CC[C@]1(CS(=O)(=O)O)C(=O)C2.c1ccc(CN[C@H]2C3CCN(CC3)[C@H]2C(c2ccccc2)c2ccccc2)cc1. The molecular weight excluding hydrogens is 568 g/mol. The van der Waals surface area contributed by atoms with Crippen LogP contribution in [0.3, 0.4) is 0 Å². The van der Waals surface area contributed by atoms with Gasteiger partial charge in [-0.1, -0.05) is 105 Å². The van der Waals surface area contributed by atoms with Crippen LogP contribution >= 0.6 is 0 Å². The quantitative estimate of drug-likeness (QED) is 0.288. The fourth-order valence-electron chi connectivity index (χ4n) is 8.95. The molecule has 2 saturated carbocycles. The minimum absolute atomic E-state index is 0.0152. The van der Waals surface area contributed by atoms with E-state index in [-0.39, 0.29) is 17.1 Å². The molecule has 0 spiro atoms. The lowest BCUT2D eigenvalue weighted by atomic mass is 9.70. The summed E-state index contributed by atoms with van der Waals surface area (Å²) in [5.41, 5.74) is 3.12. The van der Waals surface area contributed by atoms with Crippen LogP contribution in [0.15, 0.2) is 91.0 Å². The van der Waals surface area contributed by atoms with Crippen LogP contribution in [0.5, 0.6) is 0 Å². The van der Waals surface area contributed by atoms with Gasteiger partial charge in [0.05, 0.1) is 11.2 Å². The third-order valence-corrected chi connectivity index (χ3v) is 12.3. The molecule has 6 nitrogen and oxygen atoms in total. The molecule has 4 atom stereocenters. The van der Waals surface area contributed by atoms with Gasteiger partial charge in [0, 0.05) is 31.0 Å². The van der Waals surface area contributed by atoms with Gasteiger partial charge in [-0.15, -0.1) is 0 Å². The van der Waals surface area contributed by atoms with Gasteiger partial charge in [-0.3, -0.25) is 14.2 Å². The van der Waals surface area contributed by atoms with E-state index in [0.717, 1.165) is 18.9 Å². The van der Waals surface area contributed by atoms with Crippen molar-refractivity contribution in [3.63, 3.8) is 0 Å². The first kappa shape index (κ1) is 31.2. The maximum absolute atomic E-state index is 11.9. The number of piperidine rings is 3. The monoisotopic (exact) mass is 614 g/mol. The smallest absolute Gasteiger partial charge is 0.265 e. The van der Waals surface area contributed by atoms with E-state index in [1.54, 1.807) is 0 Å². The number of hydrogen-bond acceptors (Lipinski definition) is 5. The van der Waals surface area contributed by atoms with Crippen molar-refractivity contribution in [1.29, 1.82) is 0 Å². The number of rotatable bonds is 8. The van der Waals surface area contributed by atoms with Gasteiger partial charge in [0.15, 0.2) is 0 Å². The second-order valence-electron chi connectivity index (χ2n) is 13.9. The highest BCUT2D eigenvalue weighted by Gasteiger charge is 2.65. The first-order valence-corrected chi connectivity index (χ1v) is 17.8. The predicted octanol–water partition coefficient (Wildman–Crippen LogP) is 6.34. The molecule has 3 aromatic rings. The average molecular weight is 615 g/mol. The number of hydrogen-bond donors (Lipinski definition) is 2. The van der Waals surface area contributed by atoms with Gasteiger partial charge < -0.3 is 5.32 Å². The zero-order chi connectivity index (χ0) is 31.0. The number of benzene rings is 3. The molecule has 3 saturated heterocycles. The van der Waals surface area contributed by atoms with E-state index in [1.807, 2.05) is 13.8 Å². The highest BCUT2D eigenvalue weighted by atomic mass is 32.2. The Hall–Kier alpha value is -2.84. The number of nitrogens with one attached hydrogen (secondary N) is 1. The normalized spacial score (nSPS) is 30.3. The maximum atomic E-state index is 11.9. The van der Waals surface area contributed by atoms with E-state index in [0.29, 0.717) is 30.8 Å². The van der Waals surface area contributed by atoms with Crippen molar-refractivity contribution < 1.29 is 17.8 Å². The third-order valence-electron chi connectivity index (χ3n) is 11.5. The highest BCUT2D eigenvalue weighted by molar-refractivity contribution is 7.85. The highest BCUT2D eigenvalue weighted by Crippen LogP contribution is 2.64. The molecule has 5 aliphatic rings. The fraction of sp³-hybridized carbons (Fsp3) is 0.486. The minimum Gasteiger partial charge on any atom is -0.308 e. The van der Waals surface area contributed by atoms with E-state index in [9.17, 15) is 13.2 Å². The van der Waals surface area contributed by atoms with Gasteiger partial charge in [0.25, 0.3) is 10.1 Å². The van der Waals surface area contributed by atoms with Gasteiger partial charge in [-0.25, -0.2) is 0 Å². The molecule has 3 aromatic carbocycles. The molecule has 234 valence electrons. The molecule has 2 N–H and O–H groups in total. The molecule has 5 fully saturated rings. The van der Waals surface area contributed by atoms with Crippen LogP contribution in [0.1, 0.15) is 68.6 Å². The summed E-state index contributed by atoms with van der Waals surface area (Å²) in [5, 5.41) is 4.00. The first-order valence-electron chi connectivity index (χ1n) is 16.2. The maximum Gasteiger partial charge on any atom is 0.265 e. The Balaban J connectivity index is 0.000000193. The fourth-order valence-corrected chi connectivity index (χ4v) is 10.2. The summed E-state index contributed by atoms with van der Waals surface area (Å²) in [4.78, 5) is 14.6. The lowest BCUT2D eigenvalue weighted by Crippen LogP contribution is -2.64. The van der Waals surface area contributed by atoms with Crippen molar-refractivity contribution >= 4 is 15.9 Å². The van der Waals surface area contributed by atoms with E-state index in [1.165, 1.54) is 42.6 Å². The second-order valence-corrected chi connectivity index (χ2v) is 15.4. The standard InChI is InChI=1S/C27H30N2.C10H16O4S/c1-4-10-21(11-5-1)20-28-26-24-16-18-29(19-17-24)27(26)25(22-12-6-2-7-13-22)23-14-8-3-9-15-23;1-9(2)7-3-4-10(9,8(11)5-7)6-15(12,13)14/h1-15,24-28H,16-20H2;7H,3-6H2,1-2H3,(H,12,13,14)/t26-,27-;7-,10-/m00/s1. The summed E-state index contributed by atoms with van der Waals surface area (Å²) in [6.45, 7) is 7.30. The molecule has 0 amide bonds. The van der Waals surface area contributed by atoms with Gasteiger partial charge in [0.2, 0.25) is 0 Å². The van der Waals surface area contributed by atoms with E-state index < -0.39 is 21.3 Å². The lowest BCUT2D eigenvalue weighted by Gasteiger charge is -2.54. The molecule has 2 aliphatic carbocycles. The van der Waals surface area contributed by atoms with Crippen LogP contribution < -0.4 is 5.32 Å². The number of nitrogens with zero attached hydrogens (tertiary/aromatic N) is 1. The van der Waals surface area contributed by atoms with Crippen LogP contribution in [-0.4, -0.2) is 54.6 Å². The van der Waals surface area contributed by atoms with Crippen molar-refractivity contribution in [1.82, 2.24) is 10.2 Å². The van der Waals surface area contributed by atoms with E-state index >= 15 is 0 Å². The Kier molecular flexibility index (Phi) is 8.86. The van der Waals surface area contributed by atoms with Crippen molar-refractivity contribution in [2.75, 3.05) is 18.8 Å². The molecule has 0 radical (unpaired) electrons. The van der Waals surface area contributed by atoms with Gasteiger partial charge in [-0.2, -0.15) is 8.42 Å². The summed E-state index contributed by atoms with van der Waals surface area (Å²) in [5.74, 6) is 1.06. The molecular formula is C37H46N2O4S. The third kappa shape index (κ3) is 6.04. The number of carbonyl (C=O) groups is 1. The number of ketones is 1. The average Bonchev–Trinajstić information content (AvgIpc) is 3.37. The van der Waals surface area contributed by atoms with Crippen LogP contribution in [0.25, 0.3) is 0 Å². The van der Waals surface area contributed by atoms with Crippen LogP contribution in [0.2, 0.25) is 0 Å². The Morgan fingerprint density at radius 3 is 1.89 bits per heavy atom. The Bertz CT molecular complexity index is 1480. The van der Waals surface area contributed by atoms with Crippen molar-refractivity contribution in [2.45, 2.75) is 70.5 Å². The van der Waals surface area contributed by atoms with Crippen molar-refractivity contribution in [3.8, 4) is 0 Å². The Morgan fingerprint density at radius 1 is 0.864 bits per heavy atom. The van der Waals surface area contributed by atoms with Gasteiger partial charge >= 0.3 is 0 Å². The summed E-state index contributed by atoms with van der Waals surface area (Å²) >= 11 is 0. The largest absolute Gasteiger partial charge is 0.308 e. The van der Waals surface area contributed by atoms with Crippen molar-refractivity contribution in [3.05, 3.63) is 108 Å². The number of Topliss-reactive ketones (excluding diaryl/α,β-unsaturated/α-hetero) is 1. The topological polar surface area (TPSA) is 86.7 Å². The predicted molar refractivity (Wildman–Crippen MR) is 175 cm³/mol. The van der Waals surface area contributed by atoms with Gasteiger partial charge in [0.1, 0.15) is 5.78 Å². The van der Waals surface area contributed by atoms with E-state index in [4.69, 9.17) is 4.55 Å². The molecule has 0 unspecified atom stereocenters. The summed E-state index contributed by atoms with van der Waals surface area (Å²) in [6.07, 6.45) is 4.61. The molecule has 3 heterocycles. The molecule has 7 heteroatoms. The summed E-state index contributed by atoms with van der Waals surface area (Å²) in [7, 11) is -4.08. The molecule has 3 aliphatic heterocycles. The summed E-state index contributed by atoms with van der Waals surface area (Å²) in [6, 6.07) is 34.1. The number of fused-ring (bicyclic) bond motifs is 5. The molecule has 8 rings (SSSR count). The lowest BCUT2D eigenvalue weighted by molar-refractivity contribution is -0.128. The zero-order valence-corrected chi connectivity index (χ0v) is 26.8. The minimum atomic E-state index is -4.08. The molecule has 44 heavy (non-hydrogen) atoms. The van der Waals surface area contributed by atoms with Crippen LogP contribution in [-0.2, 0) is 21.5 Å². The van der Waals surface area contributed by atoms with Crippen LogP contribution in [0.4, 0.5) is 0 Å². The molecule has 0 aromatic heterocycles. The Morgan fingerprint density at radius 2 is 1.41 bits per heavy atom. The molecule has 4 bridgehead atoms. The zero-order valence-electron chi connectivity index (χ0n) is 25.9. The van der Waals surface area contributed by atoms with Crippen molar-refractivity contribution in [2.24, 2.45) is 22.7 Å². The first-order chi connectivity index (χ1) is 21.1. The van der Waals surface area contributed by atoms with Crippen LogP contribution in [0, 0.1) is 22.7 Å². The summed E-state index contributed by atoms with van der Waals surface area (Å²) < 4.78 is 31.0.